The van der Waals surface area contributed by atoms with Crippen LogP contribution >= 0.6 is 7.82 Å². The number of amides is 1. The number of phosphoric acid groups is 1. The van der Waals surface area contributed by atoms with Crippen molar-refractivity contribution in [2.24, 2.45) is 0 Å². The van der Waals surface area contributed by atoms with Crippen LogP contribution in [0.4, 0.5) is 0 Å². The van der Waals surface area contributed by atoms with Gasteiger partial charge in [0.1, 0.15) is 13.2 Å². The van der Waals surface area contributed by atoms with Crippen LogP contribution in [-0.2, 0) is 18.4 Å². The Bertz CT molecular complexity index is 1210. The van der Waals surface area contributed by atoms with E-state index in [1.54, 1.807) is 6.08 Å². The molecule has 0 heterocycles. The number of nitrogens with zero attached hydrogens (tertiary/aromatic N) is 1. The first kappa shape index (κ1) is 64.5. The molecular weight excluding hydrogens is 840 g/mol. The van der Waals surface area contributed by atoms with Crippen molar-refractivity contribution in [1.29, 1.82) is 0 Å². The highest BCUT2D eigenvalue weighted by molar-refractivity contribution is 7.45. The second-order valence-electron chi connectivity index (χ2n) is 20.3. The zero-order valence-electron chi connectivity index (χ0n) is 44.1. The first-order valence-corrected chi connectivity index (χ1v) is 29.5. The summed E-state index contributed by atoms with van der Waals surface area (Å²) in [5, 5.41) is 13.8. The third kappa shape index (κ3) is 50.3. The van der Waals surface area contributed by atoms with Gasteiger partial charge in [0.15, 0.2) is 0 Å². The molecule has 3 unspecified atom stereocenters. The molecule has 0 aliphatic heterocycles. The number of nitrogens with one attached hydrogen (secondary N) is 1. The van der Waals surface area contributed by atoms with Crippen LogP contribution in [0.3, 0.4) is 0 Å². The number of allylic oxidation sites excluding steroid dienone is 7. The highest BCUT2D eigenvalue weighted by Gasteiger charge is 2.23. The van der Waals surface area contributed by atoms with Gasteiger partial charge in [-0.05, 0) is 70.6 Å². The van der Waals surface area contributed by atoms with E-state index in [2.05, 4.69) is 55.6 Å². The highest BCUT2D eigenvalue weighted by atomic mass is 31.2. The molecule has 0 bridgehead atoms. The lowest BCUT2D eigenvalue weighted by Gasteiger charge is -2.29. The quantitative estimate of drug-likeness (QED) is 0.0272. The number of hydrogen-bond acceptors (Lipinski definition) is 6. The van der Waals surface area contributed by atoms with Crippen LogP contribution < -0.4 is 10.2 Å². The van der Waals surface area contributed by atoms with Crippen LogP contribution in [0.15, 0.2) is 48.6 Å². The maximum absolute atomic E-state index is 12.9. The third-order valence-corrected chi connectivity index (χ3v) is 13.5. The molecule has 3 atom stereocenters. The van der Waals surface area contributed by atoms with E-state index in [1.165, 1.54) is 193 Å². The predicted octanol–water partition coefficient (Wildman–Crippen LogP) is 16.1. The predicted molar refractivity (Wildman–Crippen MR) is 284 cm³/mol. The number of likely N-dealkylation sites (N-methyl/N-ethyl adjacent to an activating group) is 1. The second kappa shape index (κ2) is 48.5. The van der Waals surface area contributed by atoms with Crippen LogP contribution in [0.25, 0.3) is 0 Å². The molecule has 0 aliphatic rings. The molecule has 0 spiro atoms. The lowest BCUT2D eigenvalue weighted by molar-refractivity contribution is -0.870. The number of carbonyl (C=O) groups is 1. The lowest BCUT2D eigenvalue weighted by Crippen LogP contribution is -2.45. The molecule has 0 rings (SSSR count). The minimum absolute atomic E-state index is 0.00925. The Hall–Kier alpha value is -1.54. The maximum atomic E-state index is 12.9. The van der Waals surface area contributed by atoms with Gasteiger partial charge in [-0.1, -0.05) is 229 Å². The zero-order chi connectivity index (χ0) is 48.5. The molecule has 0 radical (unpaired) electrons. The Balaban J connectivity index is 4.15. The van der Waals surface area contributed by atoms with Gasteiger partial charge in [0.2, 0.25) is 5.91 Å². The Labute approximate surface area is 409 Å². The van der Waals surface area contributed by atoms with E-state index in [0.717, 1.165) is 44.9 Å². The summed E-state index contributed by atoms with van der Waals surface area (Å²) in [6, 6.07) is -0.909. The van der Waals surface area contributed by atoms with Gasteiger partial charge in [-0.25, -0.2) is 0 Å². The average molecular weight is 949 g/mol. The Morgan fingerprint density at radius 1 is 0.515 bits per heavy atom. The largest absolute Gasteiger partial charge is 0.756 e. The van der Waals surface area contributed by atoms with Crippen molar-refractivity contribution in [3.05, 3.63) is 48.6 Å². The molecule has 8 nitrogen and oxygen atoms in total. The van der Waals surface area contributed by atoms with Gasteiger partial charge in [-0.15, -0.1) is 0 Å². The molecule has 2 N–H and O–H groups in total. The molecule has 0 aromatic carbocycles. The smallest absolute Gasteiger partial charge is 0.268 e. The summed E-state index contributed by atoms with van der Waals surface area (Å²) in [5.74, 6) is -0.210. The van der Waals surface area contributed by atoms with Crippen LogP contribution in [0, 0.1) is 0 Å². The fourth-order valence-electron chi connectivity index (χ4n) is 8.06. The van der Waals surface area contributed by atoms with Crippen molar-refractivity contribution in [3.8, 4) is 0 Å². The first-order chi connectivity index (χ1) is 32.0. The van der Waals surface area contributed by atoms with Crippen LogP contribution in [0.5, 0.6) is 0 Å². The molecule has 0 fully saturated rings. The summed E-state index contributed by atoms with van der Waals surface area (Å²) in [7, 11) is 1.24. The van der Waals surface area contributed by atoms with Crippen molar-refractivity contribution in [2.45, 2.75) is 270 Å². The molecule has 1 amide bonds. The van der Waals surface area contributed by atoms with E-state index < -0.39 is 26.6 Å². The standard InChI is InChI=1S/C57H109N2O6P/c1-6-8-10-12-14-16-18-20-22-23-24-25-26-27-28-29-30-31-32-33-34-35-37-39-41-43-45-47-49-51-57(61)58-55(54-65-66(62,63)64-53-52-59(3,4)5)56(60)50-48-46-44-42-40-38-36-21-19-17-15-13-11-9-7-2/h19,21,27-28,40,42,48,50,55-56,60H,6-18,20,22-26,29-39,41,43-47,49,51-54H2,1-5H3,(H-,58,61,62,63)/b21-19+,28-27-,42-40+,50-48+. The lowest BCUT2D eigenvalue weighted by atomic mass is 10.0. The van der Waals surface area contributed by atoms with Crippen molar-refractivity contribution in [1.82, 2.24) is 5.32 Å². The van der Waals surface area contributed by atoms with Crippen LogP contribution in [0.2, 0.25) is 0 Å². The molecule has 0 aromatic heterocycles. The first-order valence-electron chi connectivity index (χ1n) is 28.0. The van der Waals surface area contributed by atoms with Crippen molar-refractivity contribution < 1.29 is 32.9 Å². The topological polar surface area (TPSA) is 108 Å². The van der Waals surface area contributed by atoms with Gasteiger partial charge in [0, 0.05) is 6.42 Å². The average Bonchev–Trinajstić information content (AvgIpc) is 3.28. The zero-order valence-corrected chi connectivity index (χ0v) is 45.0. The molecule has 0 saturated heterocycles. The fourth-order valence-corrected chi connectivity index (χ4v) is 8.79. The Kier molecular flexibility index (Phi) is 47.4. The van der Waals surface area contributed by atoms with Crippen LogP contribution in [0.1, 0.15) is 258 Å². The minimum Gasteiger partial charge on any atom is -0.756 e. The van der Waals surface area contributed by atoms with Crippen molar-refractivity contribution >= 4 is 13.7 Å². The molecule has 66 heavy (non-hydrogen) atoms. The van der Waals surface area contributed by atoms with Gasteiger partial charge >= 0.3 is 0 Å². The number of unbranched alkanes of at least 4 members (excludes halogenated alkanes) is 32. The van der Waals surface area contributed by atoms with E-state index in [-0.39, 0.29) is 12.5 Å². The van der Waals surface area contributed by atoms with Crippen LogP contribution in [-0.4, -0.2) is 68.5 Å². The van der Waals surface area contributed by atoms with Gasteiger partial charge < -0.3 is 28.8 Å². The molecule has 0 aliphatic carbocycles. The van der Waals surface area contributed by atoms with Gasteiger partial charge in [0.05, 0.1) is 39.9 Å². The normalized spacial score (nSPS) is 14.3. The summed E-state index contributed by atoms with van der Waals surface area (Å²) >= 11 is 0. The molecular formula is C57H109N2O6P. The molecule has 9 heteroatoms. The summed E-state index contributed by atoms with van der Waals surface area (Å²) in [4.78, 5) is 25.4. The monoisotopic (exact) mass is 949 g/mol. The molecule has 0 saturated carbocycles. The summed E-state index contributed by atoms with van der Waals surface area (Å²) in [6.45, 7) is 4.62. The van der Waals surface area contributed by atoms with Gasteiger partial charge in [0.25, 0.3) is 7.82 Å². The highest BCUT2D eigenvalue weighted by Crippen LogP contribution is 2.38. The second-order valence-corrected chi connectivity index (χ2v) is 21.7. The Morgan fingerprint density at radius 3 is 1.23 bits per heavy atom. The minimum atomic E-state index is -4.60. The SMILES string of the molecule is CCCCCCC/C=C/CC/C=C/CC/C=C/C(O)C(COP(=O)([O-])OCC[N+](C)(C)C)NC(=O)CCCCCCCCCCCCCCC/C=C\CCCCCCCCCCCCCC. The van der Waals surface area contributed by atoms with Crippen molar-refractivity contribution in [3.63, 3.8) is 0 Å². The number of carbonyl (C=O) groups excluding carboxylic acids is 1. The molecule has 0 aromatic rings. The van der Waals surface area contributed by atoms with E-state index >= 15 is 0 Å². The van der Waals surface area contributed by atoms with Crippen molar-refractivity contribution in [2.75, 3.05) is 40.9 Å². The fraction of sp³-hybridized carbons (Fsp3) is 0.842. The number of phosphoric ester groups is 1. The summed E-state index contributed by atoms with van der Waals surface area (Å²) in [6.07, 6.45) is 63.4. The van der Waals surface area contributed by atoms with Gasteiger partial charge in [-0.2, -0.15) is 0 Å². The number of aliphatic hydroxyl groups excluding tert-OH is 1. The van der Waals surface area contributed by atoms with E-state index in [0.29, 0.717) is 17.4 Å². The maximum Gasteiger partial charge on any atom is 0.268 e. The number of hydrogen-bond donors (Lipinski definition) is 2. The summed E-state index contributed by atoms with van der Waals surface area (Å²) < 4.78 is 23.3. The molecule has 388 valence electrons. The van der Waals surface area contributed by atoms with E-state index in [9.17, 15) is 19.4 Å². The number of aliphatic hydroxyl groups is 1. The van der Waals surface area contributed by atoms with Gasteiger partial charge in [-0.3, -0.25) is 9.36 Å². The van der Waals surface area contributed by atoms with E-state index in [4.69, 9.17) is 9.05 Å². The third-order valence-electron chi connectivity index (χ3n) is 12.5. The Morgan fingerprint density at radius 2 is 0.848 bits per heavy atom. The number of rotatable bonds is 51. The van der Waals surface area contributed by atoms with E-state index in [1.807, 2.05) is 27.2 Å². The number of quaternary nitrogens is 1. The summed E-state index contributed by atoms with van der Waals surface area (Å²) in [5.41, 5.74) is 0.